The molecule has 0 aromatic carbocycles. The average Bonchev–Trinajstić information content (AvgIpc) is 2.79. The second-order valence-electron chi connectivity index (χ2n) is 6.04. The van der Waals surface area contributed by atoms with E-state index >= 15 is 0 Å². The Morgan fingerprint density at radius 2 is 2.04 bits per heavy atom. The molecule has 0 saturated carbocycles. The van der Waals surface area contributed by atoms with Gasteiger partial charge in [-0.05, 0) is 20.8 Å². The smallest absolute Gasteiger partial charge is 0.408 e. The maximum atomic E-state index is 11.7. The lowest BCUT2D eigenvalue weighted by molar-refractivity contribution is -0.139. The molecule has 1 atom stereocenters. The number of ether oxygens (including phenoxy) is 1. The first-order valence-electron chi connectivity index (χ1n) is 6.96. The van der Waals surface area contributed by atoms with Gasteiger partial charge in [0.15, 0.2) is 5.52 Å². The van der Waals surface area contributed by atoms with Crippen LogP contribution in [0.5, 0.6) is 0 Å². The molecule has 0 aliphatic rings. The summed E-state index contributed by atoms with van der Waals surface area (Å²) in [5, 5.41) is 11.5. The number of carbonyl (C=O) groups is 2. The van der Waals surface area contributed by atoms with E-state index in [0.29, 0.717) is 0 Å². The molecule has 0 spiro atoms. The zero-order valence-electron chi connectivity index (χ0n) is 13.2. The molecule has 2 rings (SSSR count). The van der Waals surface area contributed by atoms with Crippen LogP contribution in [0.15, 0.2) is 15.9 Å². The highest BCUT2D eigenvalue weighted by atomic mass is 16.6. The van der Waals surface area contributed by atoms with Crippen LogP contribution in [0.1, 0.15) is 20.8 Å². The molecule has 0 aliphatic heterocycles. The molecule has 24 heavy (non-hydrogen) atoms. The minimum Gasteiger partial charge on any atom is -0.480 e. The third-order valence-electron chi connectivity index (χ3n) is 2.88. The van der Waals surface area contributed by atoms with Crippen LogP contribution < -0.4 is 16.6 Å². The standard InChI is InChI=1S/C13H17N5O6/c1-13(2,3)24-12(23)15-6(10(20)21)4-18-5-14-7-8(18)16-11(22)17-9(7)19/h5-6H,4H2,1-3H3,(H,15,23)(H,20,21)(H2,16,17,19,22)/t6-/m0/s1. The van der Waals surface area contributed by atoms with E-state index in [4.69, 9.17) is 4.74 Å². The van der Waals surface area contributed by atoms with Crippen molar-refractivity contribution in [3.63, 3.8) is 0 Å². The van der Waals surface area contributed by atoms with E-state index < -0.39 is 35.0 Å². The van der Waals surface area contributed by atoms with Gasteiger partial charge in [-0.25, -0.2) is 19.4 Å². The van der Waals surface area contributed by atoms with Crippen LogP contribution in [0.2, 0.25) is 0 Å². The average molecular weight is 339 g/mol. The fourth-order valence-electron chi connectivity index (χ4n) is 1.95. The Kier molecular flexibility index (Phi) is 4.44. The number of hydrogen-bond acceptors (Lipinski definition) is 6. The third-order valence-corrected chi connectivity index (χ3v) is 2.88. The Labute approximate surface area is 134 Å². The van der Waals surface area contributed by atoms with Crippen molar-refractivity contribution in [1.29, 1.82) is 0 Å². The van der Waals surface area contributed by atoms with Crippen molar-refractivity contribution in [2.75, 3.05) is 0 Å². The highest BCUT2D eigenvalue weighted by molar-refractivity contribution is 5.80. The SMILES string of the molecule is CC(C)(C)OC(=O)N[C@@H](Cn1cnc2c(=O)[nH]c(=O)[nH]c21)C(=O)O. The highest BCUT2D eigenvalue weighted by Gasteiger charge is 2.25. The minimum absolute atomic E-state index is 0.0454. The molecular formula is C13H17N5O6. The number of amides is 1. The monoisotopic (exact) mass is 339 g/mol. The van der Waals surface area contributed by atoms with Gasteiger partial charge in [0.2, 0.25) is 0 Å². The number of nitrogens with zero attached hydrogens (tertiary/aromatic N) is 2. The van der Waals surface area contributed by atoms with E-state index in [2.05, 4.69) is 15.3 Å². The van der Waals surface area contributed by atoms with Gasteiger partial charge in [-0.1, -0.05) is 0 Å². The number of aromatic nitrogens is 4. The van der Waals surface area contributed by atoms with Gasteiger partial charge in [0.1, 0.15) is 17.3 Å². The molecule has 130 valence electrons. The summed E-state index contributed by atoms with van der Waals surface area (Å²) in [6.07, 6.45) is 0.299. The molecular weight excluding hydrogens is 322 g/mol. The molecule has 2 aromatic rings. The molecule has 0 unspecified atom stereocenters. The third kappa shape index (κ3) is 4.00. The van der Waals surface area contributed by atoms with Crippen molar-refractivity contribution in [2.24, 2.45) is 0 Å². The van der Waals surface area contributed by atoms with Crippen molar-refractivity contribution < 1.29 is 19.4 Å². The van der Waals surface area contributed by atoms with Crippen molar-refractivity contribution >= 4 is 23.2 Å². The second-order valence-corrected chi connectivity index (χ2v) is 6.04. The van der Waals surface area contributed by atoms with Gasteiger partial charge in [-0.3, -0.25) is 14.8 Å². The largest absolute Gasteiger partial charge is 0.480 e. The number of nitrogens with one attached hydrogen (secondary N) is 3. The maximum Gasteiger partial charge on any atom is 0.408 e. The fourth-order valence-corrected chi connectivity index (χ4v) is 1.95. The molecule has 4 N–H and O–H groups in total. The molecule has 0 aliphatic carbocycles. The predicted molar refractivity (Wildman–Crippen MR) is 81.8 cm³/mol. The van der Waals surface area contributed by atoms with E-state index in [0.717, 1.165) is 0 Å². The van der Waals surface area contributed by atoms with Gasteiger partial charge in [-0.2, -0.15) is 0 Å². The summed E-state index contributed by atoms with van der Waals surface area (Å²) in [6, 6.07) is -1.35. The summed E-state index contributed by atoms with van der Waals surface area (Å²) in [5.41, 5.74) is -2.22. The summed E-state index contributed by atoms with van der Waals surface area (Å²) >= 11 is 0. The van der Waals surface area contributed by atoms with Crippen LogP contribution in [0, 0.1) is 0 Å². The number of rotatable bonds is 4. The lowest BCUT2D eigenvalue weighted by Gasteiger charge is -2.22. The molecule has 0 fully saturated rings. The number of H-pyrrole nitrogens is 2. The topological polar surface area (TPSA) is 159 Å². The lowest BCUT2D eigenvalue weighted by atomic mass is 10.2. The number of carboxylic acids is 1. The zero-order chi connectivity index (χ0) is 18.1. The Morgan fingerprint density at radius 1 is 1.38 bits per heavy atom. The molecule has 2 aromatic heterocycles. The van der Waals surface area contributed by atoms with Crippen LogP contribution >= 0.6 is 0 Å². The summed E-state index contributed by atoms with van der Waals surface area (Å²) in [4.78, 5) is 54.3. The Balaban J connectivity index is 2.26. The molecule has 0 bridgehead atoms. The van der Waals surface area contributed by atoms with Crippen molar-refractivity contribution in [3.8, 4) is 0 Å². The summed E-state index contributed by atoms with van der Waals surface area (Å²) in [6.45, 7) is 4.67. The van der Waals surface area contributed by atoms with Crippen molar-refractivity contribution in [1.82, 2.24) is 24.8 Å². The van der Waals surface area contributed by atoms with Crippen LogP contribution in [0.25, 0.3) is 11.2 Å². The minimum atomic E-state index is -1.35. The Morgan fingerprint density at radius 3 is 2.62 bits per heavy atom. The van der Waals surface area contributed by atoms with Crippen LogP contribution in [0.4, 0.5) is 4.79 Å². The molecule has 0 radical (unpaired) electrons. The number of imidazole rings is 1. The zero-order valence-corrected chi connectivity index (χ0v) is 13.2. The van der Waals surface area contributed by atoms with Gasteiger partial charge >= 0.3 is 17.8 Å². The van der Waals surface area contributed by atoms with Gasteiger partial charge < -0.3 is 19.7 Å². The van der Waals surface area contributed by atoms with Crippen LogP contribution in [-0.4, -0.2) is 48.3 Å². The summed E-state index contributed by atoms with van der Waals surface area (Å²) < 4.78 is 6.26. The number of hydrogen-bond donors (Lipinski definition) is 4. The van der Waals surface area contributed by atoms with Crippen LogP contribution in [0.3, 0.4) is 0 Å². The van der Waals surface area contributed by atoms with Gasteiger partial charge in [-0.15, -0.1) is 0 Å². The predicted octanol–water partition coefficient (Wildman–Crippen LogP) is -0.609. The normalized spacial score (nSPS) is 12.8. The quantitative estimate of drug-likeness (QED) is 0.578. The second kappa shape index (κ2) is 6.18. The molecule has 0 saturated heterocycles. The summed E-state index contributed by atoms with van der Waals surface area (Å²) in [7, 11) is 0. The van der Waals surface area contributed by atoms with E-state index in [1.165, 1.54) is 10.9 Å². The van der Waals surface area contributed by atoms with E-state index in [9.17, 15) is 24.3 Å². The number of aliphatic carboxylic acids is 1. The maximum absolute atomic E-state index is 11.7. The summed E-state index contributed by atoms with van der Waals surface area (Å²) in [5.74, 6) is -1.31. The van der Waals surface area contributed by atoms with Gasteiger partial charge in [0.25, 0.3) is 5.56 Å². The Bertz CT molecular complexity index is 887. The first kappa shape index (κ1) is 17.2. The Hall–Kier alpha value is -3.11. The number of carbonyl (C=O) groups excluding carboxylic acids is 1. The van der Waals surface area contributed by atoms with E-state index in [-0.39, 0.29) is 17.7 Å². The molecule has 2 heterocycles. The first-order valence-corrected chi connectivity index (χ1v) is 6.96. The lowest BCUT2D eigenvalue weighted by Crippen LogP contribution is -2.45. The van der Waals surface area contributed by atoms with Crippen LogP contribution in [-0.2, 0) is 16.1 Å². The van der Waals surface area contributed by atoms with Gasteiger partial charge in [0.05, 0.1) is 12.9 Å². The van der Waals surface area contributed by atoms with Crippen molar-refractivity contribution in [3.05, 3.63) is 27.2 Å². The fraction of sp³-hybridized carbons (Fsp3) is 0.462. The van der Waals surface area contributed by atoms with E-state index in [1.807, 2.05) is 4.98 Å². The highest BCUT2D eigenvalue weighted by Crippen LogP contribution is 2.08. The molecule has 1 amide bonds. The number of carboxylic acid groups (broad SMARTS) is 1. The number of aromatic amines is 2. The van der Waals surface area contributed by atoms with Crippen molar-refractivity contribution in [2.45, 2.75) is 39.0 Å². The molecule has 11 heteroatoms. The van der Waals surface area contributed by atoms with Gasteiger partial charge in [0, 0.05) is 0 Å². The van der Waals surface area contributed by atoms with E-state index in [1.54, 1.807) is 20.8 Å². The number of alkyl carbamates (subject to hydrolysis) is 1. The molecule has 11 nitrogen and oxygen atoms in total. The first-order chi connectivity index (χ1) is 11.1. The number of fused-ring (bicyclic) bond motifs is 1.